The molecule has 2 saturated heterocycles. The molecule has 0 N–H and O–H groups in total. The van der Waals surface area contributed by atoms with Crippen molar-refractivity contribution in [3.8, 4) is 6.07 Å². The molecule has 26 heavy (non-hydrogen) atoms. The van der Waals surface area contributed by atoms with Gasteiger partial charge in [0.1, 0.15) is 0 Å². The van der Waals surface area contributed by atoms with Crippen molar-refractivity contribution in [2.45, 2.75) is 6.42 Å². The molecule has 0 bridgehead atoms. The summed E-state index contributed by atoms with van der Waals surface area (Å²) < 4.78 is -0.159. The number of piperazine rings is 1. The Morgan fingerprint density at radius 2 is 2.08 bits per heavy atom. The number of likely N-dealkylation sites (N-methyl/N-ethyl adjacent to an activating group) is 2. The van der Waals surface area contributed by atoms with E-state index in [1.807, 2.05) is 12.3 Å². The number of likely N-dealkylation sites (tertiary alicyclic amines) is 1. The van der Waals surface area contributed by atoms with E-state index in [0.717, 1.165) is 43.9 Å². The van der Waals surface area contributed by atoms with Crippen LogP contribution in [0.2, 0.25) is 0 Å². The van der Waals surface area contributed by atoms with Crippen molar-refractivity contribution in [2.75, 3.05) is 53.4 Å². The van der Waals surface area contributed by atoms with Crippen molar-refractivity contribution >= 4 is 5.71 Å². The van der Waals surface area contributed by atoms with Crippen LogP contribution in [0.15, 0.2) is 52.3 Å². The van der Waals surface area contributed by atoms with Crippen molar-refractivity contribution < 1.29 is 4.65 Å². The van der Waals surface area contributed by atoms with Gasteiger partial charge in [-0.1, -0.05) is 6.08 Å². The lowest BCUT2D eigenvalue weighted by atomic mass is 9.69. The highest BCUT2D eigenvalue weighted by atomic mass is 16.5. The monoisotopic (exact) mass is 351 g/mol. The van der Waals surface area contributed by atoms with Gasteiger partial charge in [-0.2, -0.15) is 5.26 Å². The summed E-state index contributed by atoms with van der Waals surface area (Å²) in [5.41, 5.74) is 4.57. The molecule has 4 rings (SSSR count). The van der Waals surface area contributed by atoms with Crippen LogP contribution < -0.4 is 0 Å². The van der Waals surface area contributed by atoms with Crippen molar-refractivity contribution in [1.29, 1.82) is 5.26 Å². The van der Waals surface area contributed by atoms with Gasteiger partial charge in [-0.3, -0.25) is 4.99 Å². The molecular formula is C20H25N5O. The van der Waals surface area contributed by atoms with Gasteiger partial charge in [-0.25, -0.2) is 0 Å². The van der Waals surface area contributed by atoms with Crippen molar-refractivity contribution in [2.24, 2.45) is 10.4 Å². The standard InChI is InChI=1S/C20H25N5O/c1-23-14-17-18(24-9-11-25(2,26)12-10-24)6-8-22-19-4-3-16(5-7-21)13-20(17,19)15-23/h3-6,8H,9-15H2,1-2H3/b16-5+. The first-order valence-electron chi connectivity index (χ1n) is 9.18. The van der Waals surface area contributed by atoms with Crippen LogP contribution in [0.1, 0.15) is 6.42 Å². The topological polar surface area (TPSA) is 65.7 Å². The summed E-state index contributed by atoms with van der Waals surface area (Å²) >= 11 is 0. The van der Waals surface area contributed by atoms with Crippen LogP contribution in [-0.4, -0.2) is 73.5 Å². The minimum Gasteiger partial charge on any atom is -0.633 e. The SMILES string of the molecule is CN1CC2=C(N3CC[N+](C)([O-])CC3)C=CN=C3C=C/C(=C\C#N)CC32C1. The number of hydrogen-bond acceptors (Lipinski definition) is 5. The molecular weight excluding hydrogens is 326 g/mol. The second-order valence-electron chi connectivity index (χ2n) is 8.04. The Labute approximate surface area is 154 Å². The fraction of sp³-hybridized carbons (Fsp3) is 0.500. The van der Waals surface area contributed by atoms with E-state index in [2.05, 4.69) is 35.1 Å². The van der Waals surface area contributed by atoms with E-state index in [1.165, 1.54) is 11.3 Å². The lowest BCUT2D eigenvalue weighted by molar-refractivity contribution is -0.865. The molecule has 1 spiro atoms. The van der Waals surface area contributed by atoms with Crippen LogP contribution in [0.4, 0.5) is 0 Å². The normalized spacial score (nSPS) is 32.2. The smallest absolute Gasteiger partial charge is 0.0960 e. The zero-order chi connectivity index (χ0) is 18.4. The van der Waals surface area contributed by atoms with Crippen LogP contribution in [0.25, 0.3) is 0 Å². The Morgan fingerprint density at radius 1 is 1.31 bits per heavy atom. The van der Waals surface area contributed by atoms with Crippen LogP contribution in [-0.2, 0) is 0 Å². The van der Waals surface area contributed by atoms with Gasteiger partial charge in [0, 0.05) is 31.1 Å². The summed E-state index contributed by atoms with van der Waals surface area (Å²) in [6, 6.07) is 2.17. The van der Waals surface area contributed by atoms with E-state index in [9.17, 15) is 5.21 Å². The zero-order valence-electron chi connectivity index (χ0n) is 15.5. The summed E-state index contributed by atoms with van der Waals surface area (Å²) in [6.07, 6.45) is 10.6. The Balaban J connectivity index is 1.77. The maximum absolute atomic E-state index is 12.2. The number of rotatable bonds is 1. The highest BCUT2D eigenvalue weighted by Gasteiger charge is 2.48. The summed E-state index contributed by atoms with van der Waals surface area (Å²) in [5.74, 6) is 0. The largest absolute Gasteiger partial charge is 0.633 e. The maximum Gasteiger partial charge on any atom is 0.0960 e. The molecule has 0 saturated carbocycles. The average Bonchev–Trinajstić information content (AvgIpc) is 2.82. The second kappa shape index (κ2) is 6.20. The van der Waals surface area contributed by atoms with E-state index in [1.54, 1.807) is 13.1 Å². The molecule has 6 heteroatoms. The third-order valence-corrected chi connectivity index (χ3v) is 6.03. The molecule has 1 atom stereocenters. The summed E-state index contributed by atoms with van der Waals surface area (Å²) in [7, 11) is 3.90. The van der Waals surface area contributed by atoms with Gasteiger partial charge in [0.15, 0.2) is 0 Å². The Bertz CT molecular complexity index is 801. The van der Waals surface area contributed by atoms with E-state index in [4.69, 9.17) is 10.3 Å². The molecule has 1 aliphatic carbocycles. The van der Waals surface area contributed by atoms with Gasteiger partial charge in [0.25, 0.3) is 0 Å². The fourth-order valence-corrected chi connectivity index (χ4v) is 4.66. The first-order valence-corrected chi connectivity index (χ1v) is 9.18. The zero-order valence-corrected chi connectivity index (χ0v) is 15.5. The highest BCUT2D eigenvalue weighted by molar-refractivity contribution is 6.05. The number of hydroxylamine groups is 3. The second-order valence-corrected chi connectivity index (χ2v) is 8.04. The van der Waals surface area contributed by atoms with Gasteiger partial charge < -0.3 is 19.7 Å². The predicted octanol–water partition coefficient (Wildman–Crippen LogP) is 1.81. The summed E-state index contributed by atoms with van der Waals surface area (Å²) in [6.45, 7) is 4.57. The summed E-state index contributed by atoms with van der Waals surface area (Å²) in [5, 5.41) is 21.3. The quantitative estimate of drug-likeness (QED) is 0.411. The van der Waals surface area contributed by atoms with Gasteiger partial charge in [0.2, 0.25) is 0 Å². The van der Waals surface area contributed by atoms with Gasteiger partial charge in [0.05, 0.1) is 50.4 Å². The number of aliphatic imine (C=N–C) groups is 1. The first kappa shape index (κ1) is 17.2. The number of allylic oxidation sites excluding steroid dienone is 5. The molecule has 0 aromatic carbocycles. The molecule has 0 amide bonds. The van der Waals surface area contributed by atoms with E-state index < -0.39 is 0 Å². The Hall–Kier alpha value is -2.20. The van der Waals surface area contributed by atoms with E-state index >= 15 is 0 Å². The molecule has 0 aromatic rings. The lowest BCUT2D eigenvalue weighted by Gasteiger charge is -2.46. The number of hydrogen-bond donors (Lipinski definition) is 0. The Kier molecular flexibility index (Phi) is 4.11. The van der Waals surface area contributed by atoms with Crippen LogP contribution >= 0.6 is 0 Å². The molecule has 1 unspecified atom stereocenters. The molecule has 0 radical (unpaired) electrons. The fourth-order valence-electron chi connectivity index (χ4n) is 4.66. The molecule has 3 aliphatic heterocycles. The van der Waals surface area contributed by atoms with Crippen LogP contribution in [0.3, 0.4) is 0 Å². The van der Waals surface area contributed by atoms with Crippen LogP contribution in [0, 0.1) is 22.0 Å². The molecule has 6 nitrogen and oxygen atoms in total. The number of nitriles is 1. The number of quaternary nitrogens is 1. The van der Waals surface area contributed by atoms with Gasteiger partial charge in [-0.15, -0.1) is 0 Å². The van der Waals surface area contributed by atoms with Crippen LogP contribution in [0.5, 0.6) is 0 Å². The van der Waals surface area contributed by atoms with Gasteiger partial charge >= 0.3 is 0 Å². The summed E-state index contributed by atoms with van der Waals surface area (Å²) in [4.78, 5) is 9.45. The Morgan fingerprint density at radius 3 is 2.81 bits per heavy atom. The molecule has 136 valence electrons. The van der Waals surface area contributed by atoms with E-state index in [0.29, 0.717) is 13.1 Å². The van der Waals surface area contributed by atoms with Gasteiger partial charge in [-0.05, 0) is 36.8 Å². The third kappa shape index (κ3) is 2.82. The first-order chi connectivity index (χ1) is 12.4. The predicted molar refractivity (Wildman–Crippen MR) is 102 cm³/mol. The van der Waals surface area contributed by atoms with Crippen molar-refractivity contribution in [1.82, 2.24) is 9.80 Å². The average molecular weight is 351 g/mol. The van der Waals surface area contributed by atoms with Crippen molar-refractivity contribution in [3.63, 3.8) is 0 Å². The molecule has 4 aliphatic rings. The molecule has 2 fully saturated rings. The number of nitrogens with zero attached hydrogens (tertiary/aromatic N) is 5. The molecule has 3 heterocycles. The maximum atomic E-state index is 12.2. The highest BCUT2D eigenvalue weighted by Crippen LogP contribution is 2.47. The minimum atomic E-state index is -0.169. The van der Waals surface area contributed by atoms with E-state index in [-0.39, 0.29) is 10.1 Å². The lowest BCUT2D eigenvalue weighted by Crippen LogP contribution is -2.53. The van der Waals surface area contributed by atoms with Crippen molar-refractivity contribution in [3.05, 3.63) is 52.6 Å². The molecule has 0 aromatic heterocycles. The third-order valence-electron chi connectivity index (χ3n) is 6.03. The minimum absolute atomic E-state index is 0.159.